The Kier molecular flexibility index (Phi) is 4.92. The van der Waals surface area contributed by atoms with E-state index >= 15 is 0 Å². The van der Waals surface area contributed by atoms with Crippen LogP contribution in [0.5, 0.6) is 0 Å². The maximum atomic E-state index is 13.1. The smallest absolute Gasteiger partial charge is 0.280 e. The molecule has 3 rings (SSSR count). The molecule has 0 unspecified atom stereocenters. The maximum Gasteiger partial charge on any atom is 0.280 e. The molecule has 2 aromatic rings. The van der Waals surface area contributed by atoms with Crippen LogP contribution in [0.3, 0.4) is 0 Å². The van der Waals surface area contributed by atoms with Crippen LogP contribution in [0.25, 0.3) is 0 Å². The van der Waals surface area contributed by atoms with Crippen molar-refractivity contribution in [3.63, 3.8) is 0 Å². The predicted octanol–water partition coefficient (Wildman–Crippen LogP) is 3.50. The first kappa shape index (κ1) is 16.6. The maximum absolute atomic E-state index is 13.1. The van der Waals surface area contributed by atoms with Gasteiger partial charge in [0.1, 0.15) is 5.69 Å². The highest BCUT2D eigenvalue weighted by Gasteiger charge is 2.31. The van der Waals surface area contributed by atoms with E-state index in [1.165, 1.54) is 18.8 Å². The zero-order valence-corrected chi connectivity index (χ0v) is 13.6. The number of carbonyl (C=O) groups is 1. The number of benzene rings is 1. The standard InChI is InChI=1S/C18H21F2N3O/c1-23-16(17(19)20)14(11-21-23)18(24)22-15-9-5-8-13(15)10-12-6-3-2-4-7-12/h2-4,6-7,11,13,15,17H,5,8-10H2,1H3,(H,22,24)/t13-,15-/m1/s1. The largest absolute Gasteiger partial charge is 0.349 e. The highest BCUT2D eigenvalue weighted by atomic mass is 19.3. The monoisotopic (exact) mass is 333 g/mol. The Morgan fingerprint density at radius 2 is 2.08 bits per heavy atom. The van der Waals surface area contributed by atoms with E-state index in [0.717, 1.165) is 30.4 Å². The lowest BCUT2D eigenvalue weighted by molar-refractivity contribution is 0.0911. The second-order valence-corrected chi connectivity index (χ2v) is 6.33. The van der Waals surface area contributed by atoms with E-state index in [1.807, 2.05) is 18.2 Å². The SMILES string of the molecule is Cn1ncc(C(=O)N[C@@H]2CCC[C@@H]2Cc2ccccc2)c1C(F)F. The van der Waals surface area contributed by atoms with Crippen LogP contribution >= 0.6 is 0 Å². The van der Waals surface area contributed by atoms with Gasteiger partial charge in [0.15, 0.2) is 0 Å². The summed E-state index contributed by atoms with van der Waals surface area (Å²) >= 11 is 0. The Hall–Kier alpha value is -2.24. The number of alkyl halides is 2. The van der Waals surface area contributed by atoms with E-state index in [9.17, 15) is 13.6 Å². The fraction of sp³-hybridized carbons (Fsp3) is 0.444. The van der Waals surface area contributed by atoms with Gasteiger partial charge in [-0.25, -0.2) is 8.78 Å². The zero-order valence-electron chi connectivity index (χ0n) is 13.6. The molecule has 1 aliphatic rings. The van der Waals surface area contributed by atoms with E-state index in [2.05, 4.69) is 22.5 Å². The molecule has 6 heteroatoms. The highest BCUT2D eigenvalue weighted by Crippen LogP contribution is 2.30. The highest BCUT2D eigenvalue weighted by molar-refractivity contribution is 5.95. The van der Waals surface area contributed by atoms with Gasteiger partial charge in [-0.1, -0.05) is 36.8 Å². The summed E-state index contributed by atoms with van der Waals surface area (Å²) in [5.41, 5.74) is 0.876. The van der Waals surface area contributed by atoms with Gasteiger partial charge in [-0.05, 0) is 30.7 Å². The molecule has 0 saturated heterocycles. The fourth-order valence-electron chi connectivity index (χ4n) is 3.51. The first-order valence-electron chi connectivity index (χ1n) is 8.21. The van der Waals surface area contributed by atoms with Gasteiger partial charge in [-0.2, -0.15) is 5.10 Å². The number of amides is 1. The third-order valence-electron chi connectivity index (χ3n) is 4.75. The van der Waals surface area contributed by atoms with Gasteiger partial charge in [0.05, 0.1) is 11.8 Å². The van der Waals surface area contributed by atoms with Gasteiger partial charge < -0.3 is 5.32 Å². The number of nitrogens with zero attached hydrogens (tertiary/aromatic N) is 2. The molecule has 0 aliphatic heterocycles. The molecule has 1 saturated carbocycles. The van der Waals surface area contributed by atoms with E-state index < -0.39 is 12.3 Å². The van der Waals surface area contributed by atoms with Crippen molar-refractivity contribution in [1.29, 1.82) is 0 Å². The summed E-state index contributed by atoms with van der Waals surface area (Å²) in [6, 6.07) is 10.2. The van der Waals surface area contributed by atoms with Crippen molar-refractivity contribution >= 4 is 5.91 Å². The molecular formula is C18H21F2N3O. The lowest BCUT2D eigenvalue weighted by atomic mass is 9.94. The van der Waals surface area contributed by atoms with E-state index in [1.54, 1.807) is 0 Å². The minimum absolute atomic E-state index is 0.0171. The molecule has 1 N–H and O–H groups in total. The Morgan fingerprint density at radius 3 is 2.79 bits per heavy atom. The number of halogens is 2. The van der Waals surface area contributed by atoms with Crippen LogP contribution in [0.1, 0.15) is 47.3 Å². The van der Waals surface area contributed by atoms with Crippen LogP contribution < -0.4 is 5.32 Å². The third-order valence-corrected chi connectivity index (χ3v) is 4.75. The first-order valence-corrected chi connectivity index (χ1v) is 8.21. The van der Waals surface area contributed by atoms with Crippen molar-refractivity contribution < 1.29 is 13.6 Å². The number of rotatable bonds is 5. The second kappa shape index (κ2) is 7.11. The Bertz CT molecular complexity index is 700. The van der Waals surface area contributed by atoms with Gasteiger partial charge >= 0.3 is 0 Å². The minimum Gasteiger partial charge on any atom is -0.349 e. The van der Waals surface area contributed by atoms with Crippen molar-refractivity contribution in [3.8, 4) is 0 Å². The molecular weight excluding hydrogens is 312 g/mol. The van der Waals surface area contributed by atoms with Gasteiger partial charge in [0, 0.05) is 13.1 Å². The molecule has 2 atom stereocenters. The number of hydrogen-bond acceptors (Lipinski definition) is 2. The number of nitrogens with one attached hydrogen (secondary N) is 1. The summed E-state index contributed by atoms with van der Waals surface area (Å²) < 4.78 is 27.3. The molecule has 24 heavy (non-hydrogen) atoms. The molecule has 1 aromatic carbocycles. The van der Waals surface area contributed by atoms with Gasteiger partial charge in [-0.15, -0.1) is 0 Å². The van der Waals surface area contributed by atoms with Crippen LogP contribution in [0, 0.1) is 5.92 Å². The minimum atomic E-state index is -2.72. The zero-order chi connectivity index (χ0) is 17.1. The summed E-state index contributed by atoms with van der Waals surface area (Å²) in [5, 5.41) is 6.74. The van der Waals surface area contributed by atoms with Gasteiger partial charge in [-0.3, -0.25) is 9.48 Å². The average molecular weight is 333 g/mol. The number of aromatic nitrogens is 2. The summed E-state index contributed by atoms with van der Waals surface area (Å²) in [4.78, 5) is 12.4. The van der Waals surface area contributed by atoms with Crippen molar-refractivity contribution in [3.05, 3.63) is 53.3 Å². The van der Waals surface area contributed by atoms with Crippen LogP contribution in [0.15, 0.2) is 36.5 Å². The number of carbonyl (C=O) groups excluding carboxylic acids is 1. The predicted molar refractivity (Wildman–Crippen MR) is 86.9 cm³/mol. The van der Waals surface area contributed by atoms with E-state index in [-0.39, 0.29) is 17.3 Å². The molecule has 1 amide bonds. The lowest BCUT2D eigenvalue weighted by Gasteiger charge is -2.21. The van der Waals surface area contributed by atoms with Crippen LogP contribution in [0.4, 0.5) is 8.78 Å². The summed E-state index contributed by atoms with van der Waals surface area (Å²) in [5.74, 6) is -0.119. The Morgan fingerprint density at radius 1 is 1.33 bits per heavy atom. The summed E-state index contributed by atoms with van der Waals surface area (Å²) in [7, 11) is 1.42. The molecule has 128 valence electrons. The molecule has 0 spiro atoms. The summed E-state index contributed by atoms with van der Waals surface area (Å²) in [6.07, 6.45) is 2.35. The number of hydrogen-bond donors (Lipinski definition) is 1. The van der Waals surface area contributed by atoms with Crippen molar-refractivity contribution in [2.45, 2.75) is 38.2 Å². The quantitative estimate of drug-likeness (QED) is 0.910. The molecule has 1 aliphatic carbocycles. The second-order valence-electron chi connectivity index (χ2n) is 6.33. The van der Waals surface area contributed by atoms with Crippen LogP contribution in [0.2, 0.25) is 0 Å². The van der Waals surface area contributed by atoms with Crippen LogP contribution in [-0.2, 0) is 13.5 Å². The fourth-order valence-corrected chi connectivity index (χ4v) is 3.51. The first-order chi connectivity index (χ1) is 11.6. The van der Waals surface area contributed by atoms with Crippen molar-refractivity contribution in [1.82, 2.24) is 15.1 Å². The normalized spacial score (nSPS) is 20.5. The Balaban J connectivity index is 1.69. The van der Waals surface area contributed by atoms with Crippen molar-refractivity contribution in [2.75, 3.05) is 0 Å². The molecule has 1 aromatic heterocycles. The molecule has 0 radical (unpaired) electrons. The van der Waals surface area contributed by atoms with E-state index in [0.29, 0.717) is 5.92 Å². The summed E-state index contributed by atoms with van der Waals surface area (Å²) in [6.45, 7) is 0. The molecule has 1 fully saturated rings. The van der Waals surface area contributed by atoms with E-state index in [4.69, 9.17) is 0 Å². The average Bonchev–Trinajstić information content (AvgIpc) is 3.15. The molecule has 1 heterocycles. The van der Waals surface area contributed by atoms with Gasteiger partial charge in [0.2, 0.25) is 0 Å². The molecule has 0 bridgehead atoms. The van der Waals surface area contributed by atoms with Crippen LogP contribution in [-0.4, -0.2) is 21.7 Å². The third kappa shape index (κ3) is 3.47. The van der Waals surface area contributed by atoms with Crippen molar-refractivity contribution in [2.24, 2.45) is 13.0 Å². The topological polar surface area (TPSA) is 46.9 Å². The number of aryl methyl sites for hydroxylation is 1. The molecule has 4 nitrogen and oxygen atoms in total. The van der Waals surface area contributed by atoms with Gasteiger partial charge in [0.25, 0.3) is 12.3 Å². The Labute approximate surface area is 139 Å². The lowest BCUT2D eigenvalue weighted by Crippen LogP contribution is -2.38.